The Morgan fingerprint density at radius 3 is 2.59 bits per heavy atom. The van der Waals surface area contributed by atoms with Crippen LogP contribution < -0.4 is 0 Å². The number of carboxylic acid groups (broad SMARTS) is 1. The zero-order valence-corrected chi connectivity index (χ0v) is 11.0. The summed E-state index contributed by atoms with van der Waals surface area (Å²) in [4.78, 5) is 17.9. The van der Waals surface area contributed by atoms with Crippen molar-refractivity contribution in [3.63, 3.8) is 0 Å². The lowest BCUT2D eigenvalue weighted by Gasteiger charge is -2.17. The summed E-state index contributed by atoms with van der Waals surface area (Å²) in [5, 5.41) is 8.71. The Bertz CT molecular complexity index is 350. The molecule has 1 rings (SSSR count). The van der Waals surface area contributed by atoms with Gasteiger partial charge in [-0.25, -0.2) is 9.78 Å². The van der Waals surface area contributed by atoms with Gasteiger partial charge in [0.25, 0.3) is 0 Å². The highest BCUT2D eigenvalue weighted by Gasteiger charge is 2.04. The van der Waals surface area contributed by atoms with Gasteiger partial charge in [0, 0.05) is 23.4 Å². The van der Waals surface area contributed by atoms with Crippen molar-refractivity contribution in [1.29, 1.82) is 0 Å². The summed E-state index contributed by atoms with van der Waals surface area (Å²) in [7, 11) is 0. The number of aromatic carboxylic acids is 1. The van der Waals surface area contributed by atoms with Crippen molar-refractivity contribution in [1.82, 2.24) is 9.88 Å². The van der Waals surface area contributed by atoms with Gasteiger partial charge >= 0.3 is 5.97 Å². The van der Waals surface area contributed by atoms with Gasteiger partial charge in [-0.15, -0.1) is 11.8 Å². The Hall–Kier alpha value is -1.07. The lowest BCUT2D eigenvalue weighted by Crippen LogP contribution is -2.25. The van der Waals surface area contributed by atoms with Crippen LogP contribution in [-0.4, -0.2) is 46.3 Å². The van der Waals surface area contributed by atoms with E-state index in [2.05, 4.69) is 23.7 Å². The number of aromatic nitrogens is 1. The van der Waals surface area contributed by atoms with Crippen molar-refractivity contribution in [2.24, 2.45) is 0 Å². The lowest BCUT2D eigenvalue weighted by molar-refractivity contribution is 0.0690. The highest BCUT2D eigenvalue weighted by atomic mass is 32.2. The second-order valence-electron chi connectivity index (χ2n) is 3.56. The molecule has 0 atom stereocenters. The molecule has 0 radical (unpaired) electrons. The summed E-state index contributed by atoms with van der Waals surface area (Å²) in [6, 6.07) is 3.35. The molecule has 0 amide bonds. The molecule has 4 nitrogen and oxygen atoms in total. The third-order valence-electron chi connectivity index (χ3n) is 2.53. The third kappa shape index (κ3) is 4.75. The molecule has 17 heavy (non-hydrogen) atoms. The second-order valence-corrected chi connectivity index (χ2v) is 4.73. The summed E-state index contributed by atoms with van der Waals surface area (Å²) in [6.07, 6.45) is 1.62. The fraction of sp³-hybridized carbons (Fsp3) is 0.500. The molecule has 0 fully saturated rings. The zero-order chi connectivity index (χ0) is 12.7. The molecule has 1 N–H and O–H groups in total. The molecule has 0 aliphatic heterocycles. The maximum atomic E-state index is 10.6. The summed E-state index contributed by atoms with van der Waals surface area (Å²) in [6.45, 7) is 7.47. The maximum absolute atomic E-state index is 10.6. The minimum absolute atomic E-state index is 0.0955. The first kappa shape index (κ1) is 14.0. The molecule has 0 unspecified atom stereocenters. The number of hydrogen-bond acceptors (Lipinski definition) is 4. The topological polar surface area (TPSA) is 53.4 Å². The van der Waals surface area contributed by atoms with Gasteiger partial charge in [-0.3, -0.25) is 0 Å². The predicted molar refractivity (Wildman–Crippen MR) is 69.7 cm³/mol. The van der Waals surface area contributed by atoms with Crippen molar-refractivity contribution in [3.05, 3.63) is 24.0 Å². The highest BCUT2D eigenvalue weighted by Crippen LogP contribution is 2.16. The van der Waals surface area contributed by atoms with Gasteiger partial charge in [0.05, 0.1) is 0 Å². The molecule has 0 saturated carbocycles. The first-order chi connectivity index (χ1) is 8.17. The van der Waals surface area contributed by atoms with Crippen molar-refractivity contribution in [2.45, 2.75) is 18.7 Å². The van der Waals surface area contributed by atoms with Crippen LogP contribution in [0.1, 0.15) is 24.3 Å². The minimum Gasteiger partial charge on any atom is -0.477 e. The molecule has 0 aromatic carbocycles. The lowest BCUT2D eigenvalue weighted by atomic mass is 10.4. The average molecular weight is 254 g/mol. The summed E-state index contributed by atoms with van der Waals surface area (Å²) >= 11 is 1.70. The third-order valence-corrected chi connectivity index (χ3v) is 3.49. The predicted octanol–water partition coefficient (Wildman–Crippen LogP) is 2.21. The van der Waals surface area contributed by atoms with Crippen molar-refractivity contribution >= 4 is 17.7 Å². The largest absolute Gasteiger partial charge is 0.477 e. The number of nitrogens with zero attached hydrogens (tertiary/aromatic N) is 2. The fourth-order valence-electron chi connectivity index (χ4n) is 1.42. The Kier molecular flexibility index (Phi) is 6.00. The maximum Gasteiger partial charge on any atom is 0.354 e. The van der Waals surface area contributed by atoms with Crippen LogP contribution in [0, 0.1) is 0 Å². The minimum atomic E-state index is -0.982. The van der Waals surface area contributed by atoms with E-state index in [0.717, 1.165) is 30.3 Å². The van der Waals surface area contributed by atoms with Gasteiger partial charge in [-0.2, -0.15) is 0 Å². The van der Waals surface area contributed by atoms with E-state index in [1.165, 1.54) is 0 Å². The number of rotatable bonds is 7. The van der Waals surface area contributed by atoms with Gasteiger partial charge in [-0.1, -0.05) is 13.8 Å². The normalized spacial score (nSPS) is 10.8. The monoisotopic (exact) mass is 254 g/mol. The van der Waals surface area contributed by atoms with Gasteiger partial charge < -0.3 is 10.0 Å². The van der Waals surface area contributed by atoms with E-state index in [9.17, 15) is 4.79 Å². The first-order valence-corrected chi connectivity index (χ1v) is 6.70. The Balaban J connectivity index is 2.39. The number of hydrogen-bond donors (Lipinski definition) is 1. The van der Waals surface area contributed by atoms with Crippen molar-refractivity contribution < 1.29 is 9.90 Å². The molecular formula is C12H18N2O2S. The van der Waals surface area contributed by atoms with Crippen LogP contribution in [0.15, 0.2) is 23.2 Å². The molecule has 1 aromatic heterocycles. The number of carboxylic acids is 1. The molecule has 5 heteroatoms. The molecule has 0 aliphatic carbocycles. The standard InChI is InChI=1S/C12H18N2O2S/c1-3-14(4-2)7-8-17-10-5-6-11(12(15)16)13-9-10/h5-6,9H,3-4,7-8H2,1-2H3,(H,15,16). The Labute approximate surface area is 106 Å². The molecule has 94 valence electrons. The Morgan fingerprint density at radius 2 is 2.12 bits per heavy atom. The number of pyridine rings is 1. The van der Waals surface area contributed by atoms with E-state index >= 15 is 0 Å². The fourth-order valence-corrected chi connectivity index (χ4v) is 2.30. The van der Waals surface area contributed by atoms with Crippen LogP contribution in [0.3, 0.4) is 0 Å². The molecule has 0 saturated heterocycles. The number of carbonyl (C=O) groups is 1. The second kappa shape index (κ2) is 7.29. The van der Waals surface area contributed by atoms with E-state index in [1.807, 2.05) is 6.07 Å². The van der Waals surface area contributed by atoms with E-state index in [0.29, 0.717) is 0 Å². The first-order valence-electron chi connectivity index (χ1n) is 5.71. The van der Waals surface area contributed by atoms with Crippen LogP contribution in [0.25, 0.3) is 0 Å². The average Bonchev–Trinajstić information content (AvgIpc) is 2.35. The zero-order valence-electron chi connectivity index (χ0n) is 10.2. The Morgan fingerprint density at radius 1 is 1.41 bits per heavy atom. The van der Waals surface area contributed by atoms with Gasteiger partial charge in [0.15, 0.2) is 0 Å². The quantitative estimate of drug-likeness (QED) is 0.756. The van der Waals surface area contributed by atoms with Crippen molar-refractivity contribution in [2.75, 3.05) is 25.4 Å². The summed E-state index contributed by atoms with van der Waals surface area (Å²) < 4.78 is 0. The van der Waals surface area contributed by atoms with Crippen LogP contribution in [0.4, 0.5) is 0 Å². The van der Waals surface area contributed by atoms with Gasteiger partial charge in [0.1, 0.15) is 5.69 Å². The van der Waals surface area contributed by atoms with Gasteiger partial charge in [0.2, 0.25) is 0 Å². The van der Waals surface area contributed by atoms with Gasteiger partial charge in [-0.05, 0) is 25.2 Å². The van der Waals surface area contributed by atoms with Crippen molar-refractivity contribution in [3.8, 4) is 0 Å². The number of thioether (sulfide) groups is 1. The SMILES string of the molecule is CCN(CC)CCSc1ccc(C(=O)O)nc1. The highest BCUT2D eigenvalue weighted by molar-refractivity contribution is 7.99. The van der Waals surface area contributed by atoms with E-state index < -0.39 is 5.97 Å². The van der Waals surface area contributed by atoms with Crippen LogP contribution in [0.2, 0.25) is 0 Å². The van der Waals surface area contributed by atoms with Crippen LogP contribution >= 0.6 is 11.8 Å². The van der Waals surface area contributed by atoms with Crippen LogP contribution in [-0.2, 0) is 0 Å². The molecule has 1 aromatic rings. The molecule has 1 heterocycles. The van der Waals surface area contributed by atoms with E-state index in [4.69, 9.17) is 5.11 Å². The summed E-state index contributed by atoms with van der Waals surface area (Å²) in [5.74, 6) is 0.0140. The van der Waals surface area contributed by atoms with Crippen LogP contribution in [0.5, 0.6) is 0 Å². The molecular weight excluding hydrogens is 236 g/mol. The smallest absolute Gasteiger partial charge is 0.354 e. The molecule has 0 bridgehead atoms. The molecule has 0 aliphatic rings. The molecule has 0 spiro atoms. The van der Waals surface area contributed by atoms with E-state index in [1.54, 1.807) is 24.0 Å². The van der Waals surface area contributed by atoms with E-state index in [-0.39, 0.29) is 5.69 Å². The summed E-state index contributed by atoms with van der Waals surface area (Å²) in [5.41, 5.74) is 0.0955.